The lowest BCUT2D eigenvalue weighted by Gasteiger charge is -2.39. The van der Waals surface area contributed by atoms with Crippen LogP contribution in [0.1, 0.15) is 48.3 Å². The van der Waals surface area contributed by atoms with Crippen LogP contribution in [-0.4, -0.2) is 58.1 Å². The average molecular weight is 502 g/mol. The van der Waals surface area contributed by atoms with Gasteiger partial charge >= 0.3 is 12.2 Å². The monoisotopic (exact) mass is 501 g/mol. The maximum absolute atomic E-state index is 13.2. The smallest absolute Gasteiger partial charge is 0.385 e. The van der Waals surface area contributed by atoms with Crippen LogP contribution in [0.25, 0.3) is 10.9 Å². The van der Waals surface area contributed by atoms with E-state index in [1.54, 1.807) is 38.9 Å². The molecule has 36 heavy (non-hydrogen) atoms. The Morgan fingerprint density at radius 3 is 2.47 bits per heavy atom. The first kappa shape index (κ1) is 25.7. The fourth-order valence-electron chi connectivity index (χ4n) is 4.56. The zero-order valence-electron chi connectivity index (χ0n) is 20.7. The van der Waals surface area contributed by atoms with E-state index in [-0.39, 0.29) is 6.03 Å². The molecule has 192 valence electrons. The van der Waals surface area contributed by atoms with Crippen molar-refractivity contribution in [3.8, 4) is 0 Å². The number of urea groups is 1. The molecule has 1 aliphatic heterocycles. The number of likely N-dealkylation sites (tertiary alicyclic amines) is 1. The zero-order valence-corrected chi connectivity index (χ0v) is 20.7. The van der Waals surface area contributed by atoms with Crippen LogP contribution >= 0.6 is 0 Å². The molecule has 0 saturated carbocycles. The molecule has 2 N–H and O–H groups in total. The second-order valence-electron chi connectivity index (χ2n) is 9.54. The van der Waals surface area contributed by atoms with Crippen LogP contribution in [0.15, 0.2) is 42.5 Å². The van der Waals surface area contributed by atoms with Crippen molar-refractivity contribution >= 4 is 22.8 Å². The molecule has 0 radical (unpaired) electrons. The first-order chi connectivity index (χ1) is 16.9. The van der Waals surface area contributed by atoms with Gasteiger partial charge < -0.3 is 20.2 Å². The van der Waals surface area contributed by atoms with E-state index in [9.17, 15) is 23.1 Å². The number of nitrogens with zero attached hydrogens (tertiary/aromatic N) is 4. The molecule has 10 heteroatoms. The van der Waals surface area contributed by atoms with Crippen molar-refractivity contribution in [1.82, 2.24) is 19.8 Å². The molecule has 1 aliphatic rings. The molecular weight excluding hydrogens is 471 g/mol. The molecule has 0 aliphatic carbocycles. The van der Waals surface area contributed by atoms with Crippen LogP contribution in [0, 0.1) is 6.92 Å². The summed E-state index contributed by atoms with van der Waals surface area (Å²) in [7, 11) is 3.40. The highest BCUT2D eigenvalue weighted by Crippen LogP contribution is 2.36. The number of aromatic nitrogens is 2. The molecule has 1 aromatic heterocycles. The molecule has 0 spiro atoms. The summed E-state index contributed by atoms with van der Waals surface area (Å²) in [6, 6.07) is 10.1. The van der Waals surface area contributed by atoms with Crippen molar-refractivity contribution in [1.29, 1.82) is 0 Å². The fraction of sp³-hybridized carbons (Fsp3) is 0.423. The largest absolute Gasteiger partial charge is 0.416 e. The van der Waals surface area contributed by atoms with Gasteiger partial charge in [-0.2, -0.15) is 13.2 Å². The summed E-state index contributed by atoms with van der Waals surface area (Å²) in [6.07, 6.45) is -3.66. The number of carbonyl (C=O) groups excluding carboxylic acids is 1. The number of halogens is 3. The van der Waals surface area contributed by atoms with Crippen molar-refractivity contribution in [3.05, 3.63) is 65.0 Å². The SMILES string of the molecule is Cc1nc(N[C@@H](C)c2cccc(C(F)(F)F)c2)c2cc(C3(O)CCN(C(=O)N(C)C)CC3)ccc2n1. The number of aryl methyl sites for hydroxylation is 1. The van der Waals surface area contributed by atoms with Gasteiger partial charge in [0, 0.05) is 38.6 Å². The van der Waals surface area contributed by atoms with E-state index in [1.165, 1.54) is 11.0 Å². The van der Waals surface area contributed by atoms with Crippen LogP contribution in [0.3, 0.4) is 0 Å². The summed E-state index contributed by atoms with van der Waals surface area (Å²) in [4.78, 5) is 24.5. The summed E-state index contributed by atoms with van der Waals surface area (Å²) in [5.41, 5.74) is -0.00236. The highest BCUT2D eigenvalue weighted by atomic mass is 19.4. The first-order valence-corrected chi connectivity index (χ1v) is 11.8. The van der Waals surface area contributed by atoms with Crippen molar-refractivity contribution in [2.75, 3.05) is 32.5 Å². The van der Waals surface area contributed by atoms with E-state index in [4.69, 9.17) is 0 Å². The number of carbonyl (C=O) groups is 1. The lowest BCUT2D eigenvalue weighted by Crippen LogP contribution is -2.48. The van der Waals surface area contributed by atoms with Gasteiger partial charge in [0.25, 0.3) is 0 Å². The topological polar surface area (TPSA) is 81.6 Å². The van der Waals surface area contributed by atoms with Crippen LogP contribution < -0.4 is 5.32 Å². The summed E-state index contributed by atoms with van der Waals surface area (Å²) < 4.78 is 39.6. The van der Waals surface area contributed by atoms with Crippen molar-refractivity contribution < 1.29 is 23.1 Å². The van der Waals surface area contributed by atoms with Crippen LogP contribution in [0.5, 0.6) is 0 Å². The zero-order chi connectivity index (χ0) is 26.3. The minimum atomic E-state index is -4.43. The summed E-state index contributed by atoms with van der Waals surface area (Å²) in [5, 5.41) is 15.3. The molecule has 1 saturated heterocycles. The molecule has 2 heterocycles. The number of hydrogen-bond acceptors (Lipinski definition) is 5. The van der Waals surface area contributed by atoms with Crippen molar-refractivity contribution in [3.63, 3.8) is 0 Å². The van der Waals surface area contributed by atoms with Gasteiger partial charge in [0.2, 0.25) is 0 Å². The molecule has 3 aromatic rings. The van der Waals surface area contributed by atoms with Gasteiger partial charge in [0.1, 0.15) is 11.6 Å². The van der Waals surface area contributed by atoms with Crippen molar-refractivity contribution in [2.24, 2.45) is 0 Å². The van der Waals surface area contributed by atoms with Crippen LogP contribution in [0.2, 0.25) is 0 Å². The van der Waals surface area contributed by atoms with Crippen LogP contribution in [-0.2, 0) is 11.8 Å². The maximum Gasteiger partial charge on any atom is 0.416 e. The Bertz CT molecular complexity index is 1270. The second-order valence-corrected chi connectivity index (χ2v) is 9.54. The molecule has 0 unspecified atom stereocenters. The summed E-state index contributed by atoms with van der Waals surface area (Å²) >= 11 is 0. The molecule has 1 atom stereocenters. The van der Waals surface area contributed by atoms with Gasteiger partial charge in [-0.3, -0.25) is 0 Å². The summed E-state index contributed by atoms with van der Waals surface area (Å²) in [6.45, 7) is 4.37. The molecule has 7 nitrogen and oxygen atoms in total. The number of fused-ring (bicyclic) bond motifs is 1. The standard InChI is InChI=1S/C26H30F3N5O2/c1-16(18-6-5-7-20(14-18)26(27,28)29)30-23-21-15-19(8-9-22(21)31-17(2)32-23)25(36)10-12-34(13-11-25)24(35)33(3)4/h5-9,14-16,36H,10-13H2,1-4H3,(H,30,31,32)/t16-/m0/s1. The third-order valence-electron chi connectivity index (χ3n) is 6.66. The van der Waals surface area contributed by atoms with Crippen LogP contribution in [0.4, 0.5) is 23.8 Å². The number of nitrogens with one attached hydrogen (secondary N) is 1. The number of alkyl halides is 3. The Morgan fingerprint density at radius 2 is 1.83 bits per heavy atom. The number of aliphatic hydroxyl groups is 1. The molecule has 4 rings (SSSR count). The number of benzene rings is 2. The Hall–Kier alpha value is -3.40. The van der Waals surface area contributed by atoms with E-state index in [0.29, 0.717) is 59.6 Å². The number of hydrogen-bond donors (Lipinski definition) is 2. The second kappa shape index (κ2) is 9.57. The molecule has 0 bridgehead atoms. The summed E-state index contributed by atoms with van der Waals surface area (Å²) in [5.74, 6) is 0.997. The van der Waals surface area contributed by atoms with E-state index in [0.717, 1.165) is 12.1 Å². The number of rotatable bonds is 4. The quantitative estimate of drug-likeness (QED) is 0.520. The average Bonchev–Trinajstić information content (AvgIpc) is 2.83. The third-order valence-corrected chi connectivity index (χ3v) is 6.66. The predicted octanol–water partition coefficient (Wildman–Crippen LogP) is 5.10. The van der Waals surface area contributed by atoms with Gasteiger partial charge in [-0.1, -0.05) is 18.2 Å². The first-order valence-electron chi connectivity index (χ1n) is 11.8. The molecule has 1 fully saturated rings. The highest BCUT2D eigenvalue weighted by Gasteiger charge is 2.36. The number of amides is 2. The van der Waals surface area contributed by atoms with E-state index >= 15 is 0 Å². The maximum atomic E-state index is 13.2. The van der Waals surface area contributed by atoms with Gasteiger partial charge in [-0.25, -0.2) is 14.8 Å². The Kier molecular flexibility index (Phi) is 6.83. The Balaban J connectivity index is 1.63. The number of piperidine rings is 1. The predicted molar refractivity (Wildman–Crippen MR) is 132 cm³/mol. The minimum absolute atomic E-state index is 0.0884. The Labute approximate surface area is 208 Å². The number of anilines is 1. The highest BCUT2D eigenvalue weighted by molar-refractivity contribution is 5.90. The van der Waals surface area contributed by atoms with E-state index in [2.05, 4.69) is 15.3 Å². The van der Waals surface area contributed by atoms with Gasteiger partial charge in [0.05, 0.1) is 16.7 Å². The lowest BCUT2D eigenvalue weighted by molar-refractivity contribution is -0.137. The van der Waals surface area contributed by atoms with Gasteiger partial charge in [0.15, 0.2) is 0 Å². The minimum Gasteiger partial charge on any atom is -0.385 e. The van der Waals surface area contributed by atoms with Gasteiger partial charge in [-0.05, 0) is 62.1 Å². The van der Waals surface area contributed by atoms with E-state index in [1.807, 2.05) is 18.2 Å². The lowest BCUT2D eigenvalue weighted by atomic mass is 9.84. The third kappa shape index (κ3) is 5.23. The fourth-order valence-corrected chi connectivity index (χ4v) is 4.56. The molecule has 2 amide bonds. The molecule has 2 aromatic carbocycles. The Morgan fingerprint density at radius 1 is 1.14 bits per heavy atom. The van der Waals surface area contributed by atoms with Gasteiger partial charge in [-0.15, -0.1) is 0 Å². The van der Waals surface area contributed by atoms with Crippen molar-refractivity contribution in [2.45, 2.75) is 44.5 Å². The van der Waals surface area contributed by atoms with E-state index < -0.39 is 23.4 Å². The normalized spacial score (nSPS) is 16.6. The molecular formula is C26H30F3N5O2.